The summed E-state index contributed by atoms with van der Waals surface area (Å²) in [5, 5.41) is 0. The summed E-state index contributed by atoms with van der Waals surface area (Å²) in [6, 6.07) is 17.6. The molecule has 0 saturated carbocycles. The second-order valence-electron chi connectivity index (χ2n) is 5.77. The number of likely N-dealkylation sites (N-methyl/N-ethyl adjacent to an activating group) is 1. The molecule has 2 aromatic rings. The number of rotatable bonds is 2. The van der Waals surface area contributed by atoms with Crippen LogP contribution < -0.4 is 0 Å². The van der Waals surface area contributed by atoms with Crippen molar-refractivity contribution in [3.05, 3.63) is 89.1 Å². The van der Waals surface area contributed by atoms with E-state index in [2.05, 4.69) is 92.7 Å². The molecule has 1 aliphatic heterocycles. The first-order valence-corrected chi connectivity index (χ1v) is 7.40. The van der Waals surface area contributed by atoms with E-state index >= 15 is 0 Å². The van der Waals surface area contributed by atoms with Gasteiger partial charge in [-0.05, 0) is 48.3 Å². The van der Waals surface area contributed by atoms with Gasteiger partial charge in [0.2, 0.25) is 0 Å². The monoisotopic (exact) mass is 275 g/mol. The fourth-order valence-corrected chi connectivity index (χ4v) is 2.84. The lowest BCUT2D eigenvalue weighted by atomic mass is 9.92. The van der Waals surface area contributed by atoms with Crippen LogP contribution >= 0.6 is 0 Å². The van der Waals surface area contributed by atoms with Crippen LogP contribution in [0.3, 0.4) is 0 Å². The summed E-state index contributed by atoms with van der Waals surface area (Å²) < 4.78 is 0. The Labute approximate surface area is 127 Å². The number of hydrogen-bond donors (Lipinski definition) is 0. The van der Waals surface area contributed by atoms with Crippen molar-refractivity contribution < 1.29 is 0 Å². The molecule has 0 saturated heterocycles. The third-order valence-electron chi connectivity index (χ3n) is 4.13. The number of allylic oxidation sites excluding steroid dienone is 2. The van der Waals surface area contributed by atoms with Crippen molar-refractivity contribution >= 4 is 5.57 Å². The predicted molar refractivity (Wildman–Crippen MR) is 90.0 cm³/mol. The Balaban J connectivity index is 2.03. The molecule has 0 N–H and O–H groups in total. The molecule has 1 unspecified atom stereocenters. The Kier molecular flexibility index (Phi) is 3.66. The topological polar surface area (TPSA) is 3.24 Å². The Hall–Kier alpha value is -2.28. The second-order valence-corrected chi connectivity index (χ2v) is 5.77. The molecule has 0 aliphatic carbocycles. The van der Waals surface area contributed by atoms with Crippen molar-refractivity contribution in [1.82, 2.24) is 4.90 Å². The minimum Gasteiger partial charge on any atom is -0.370 e. The maximum atomic E-state index is 2.36. The summed E-state index contributed by atoms with van der Waals surface area (Å²) >= 11 is 0. The molecule has 2 aromatic carbocycles. The van der Waals surface area contributed by atoms with E-state index in [1.807, 2.05) is 0 Å². The first kappa shape index (κ1) is 13.7. The lowest BCUT2D eigenvalue weighted by Crippen LogP contribution is -2.20. The van der Waals surface area contributed by atoms with E-state index in [4.69, 9.17) is 0 Å². The van der Waals surface area contributed by atoms with Gasteiger partial charge in [-0.3, -0.25) is 0 Å². The molecule has 1 aliphatic rings. The lowest BCUT2D eigenvalue weighted by Gasteiger charge is -2.30. The van der Waals surface area contributed by atoms with Gasteiger partial charge in [-0.2, -0.15) is 0 Å². The fourth-order valence-electron chi connectivity index (χ4n) is 2.84. The van der Waals surface area contributed by atoms with Crippen molar-refractivity contribution in [3.63, 3.8) is 0 Å². The molecule has 3 rings (SSSR count). The van der Waals surface area contributed by atoms with E-state index in [-0.39, 0.29) is 0 Å². The van der Waals surface area contributed by atoms with Crippen molar-refractivity contribution in [2.75, 3.05) is 7.05 Å². The highest BCUT2D eigenvalue weighted by molar-refractivity contribution is 5.75. The molecular weight excluding hydrogens is 254 g/mol. The second kappa shape index (κ2) is 5.61. The van der Waals surface area contributed by atoms with Crippen molar-refractivity contribution in [2.24, 2.45) is 0 Å². The first-order valence-electron chi connectivity index (χ1n) is 7.40. The highest BCUT2D eigenvalue weighted by Crippen LogP contribution is 2.32. The lowest BCUT2D eigenvalue weighted by molar-refractivity contribution is 0.390. The van der Waals surface area contributed by atoms with Crippen LogP contribution in [0.2, 0.25) is 0 Å². The molecule has 0 fully saturated rings. The first-order chi connectivity index (χ1) is 10.1. The van der Waals surface area contributed by atoms with Gasteiger partial charge in [-0.25, -0.2) is 0 Å². The summed E-state index contributed by atoms with van der Waals surface area (Å²) in [5.41, 5.74) is 6.61. The third-order valence-corrected chi connectivity index (χ3v) is 4.13. The zero-order valence-electron chi connectivity index (χ0n) is 12.9. The van der Waals surface area contributed by atoms with Gasteiger partial charge in [0.05, 0.1) is 6.04 Å². The average Bonchev–Trinajstić information content (AvgIpc) is 2.51. The standard InChI is InChI=1S/C20H21N/c1-15-9-10-16(2)19(13-15)20-14-18(11-12-21(20)3)17-7-5-4-6-8-17/h4-14,20H,1-3H3. The van der Waals surface area contributed by atoms with E-state index in [1.54, 1.807) is 0 Å². The number of hydrogen-bond acceptors (Lipinski definition) is 1. The molecular formula is C20H21N. The van der Waals surface area contributed by atoms with Gasteiger partial charge in [0.1, 0.15) is 0 Å². The van der Waals surface area contributed by atoms with Gasteiger partial charge in [-0.1, -0.05) is 54.1 Å². The minimum absolute atomic E-state index is 0.296. The number of benzene rings is 2. The molecule has 0 radical (unpaired) electrons. The Morgan fingerprint density at radius 3 is 2.48 bits per heavy atom. The van der Waals surface area contributed by atoms with Gasteiger partial charge in [0.15, 0.2) is 0 Å². The molecule has 1 heterocycles. The summed E-state index contributed by atoms with van der Waals surface area (Å²) in [7, 11) is 2.14. The molecule has 1 heteroatoms. The summed E-state index contributed by atoms with van der Waals surface area (Å²) in [6.45, 7) is 4.35. The molecule has 0 amide bonds. The van der Waals surface area contributed by atoms with Crippen LogP contribution in [-0.2, 0) is 0 Å². The summed E-state index contributed by atoms with van der Waals surface area (Å²) in [4.78, 5) is 2.27. The predicted octanol–water partition coefficient (Wildman–Crippen LogP) is 4.89. The van der Waals surface area contributed by atoms with Gasteiger partial charge in [0.25, 0.3) is 0 Å². The normalized spacial score (nSPS) is 17.8. The Morgan fingerprint density at radius 1 is 0.952 bits per heavy atom. The van der Waals surface area contributed by atoms with E-state index in [0.29, 0.717) is 6.04 Å². The van der Waals surface area contributed by atoms with E-state index in [1.165, 1.54) is 27.8 Å². The van der Waals surface area contributed by atoms with Crippen LogP contribution in [-0.4, -0.2) is 11.9 Å². The molecule has 1 atom stereocenters. The quantitative estimate of drug-likeness (QED) is 0.754. The SMILES string of the molecule is Cc1ccc(C)c(C2C=C(c3ccccc3)C=CN2C)c1. The smallest absolute Gasteiger partial charge is 0.0729 e. The van der Waals surface area contributed by atoms with Crippen LogP contribution in [0.25, 0.3) is 5.57 Å². The zero-order valence-corrected chi connectivity index (χ0v) is 12.9. The van der Waals surface area contributed by atoms with Crippen LogP contribution in [0.15, 0.2) is 66.9 Å². The van der Waals surface area contributed by atoms with E-state index in [0.717, 1.165) is 0 Å². The number of aryl methyl sites for hydroxylation is 2. The zero-order chi connectivity index (χ0) is 14.8. The van der Waals surface area contributed by atoms with Crippen LogP contribution in [0.5, 0.6) is 0 Å². The summed E-state index contributed by atoms with van der Waals surface area (Å²) in [5.74, 6) is 0. The molecule has 0 spiro atoms. The highest BCUT2D eigenvalue weighted by Gasteiger charge is 2.18. The maximum Gasteiger partial charge on any atom is 0.0729 e. The number of nitrogens with zero attached hydrogens (tertiary/aromatic N) is 1. The summed E-state index contributed by atoms with van der Waals surface area (Å²) in [6.07, 6.45) is 6.73. The maximum absolute atomic E-state index is 2.36. The molecule has 106 valence electrons. The van der Waals surface area contributed by atoms with Gasteiger partial charge >= 0.3 is 0 Å². The van der Waals surface area contributed by atoms with E-state index < -0.39 is 0 Å². The van der Waals surface area contributed by atoms with Crippen molar-refractivity contribution in [1.29, 1.82) is 0 Å². The van der Waals surface area contributed by atoms with Gasteiger partial charge < -0.3 is 4.90 Å². The average molecular weight is 275 g/mol. The van der Waals surface area contributed by atoms with Crippen molar-refractivity contribution in [3.8, 4) is 0 Å². The Morgan fingerprint density at radius 2 is 1.71 bits per heavy atom. The largest absolute Gasteiger partial charge is 0.370 e. The Bertz CT molecular complexity index is 695. The molecule has 0 bridgehead atoms. The van der Waals surface area contributed by atoms with Crippen LogP contribution in [0.1, 0.15) is 28.3 Å². The molecule has 0 aromatic heterocycles. The molecule has 1 nitrogen and oxygen atoms in total. The molecule has 21 heavy (non-hydrogen) atoms. The third kappa shape index (κ3) is 2.78. The van der Waals surface area contributed by atoms with Gasteiger partial charge in [0, 0.05) is 13.2 Å². The van der Waals surface area contributed by atoms with Crippen molar-refractivity contribution in [2.45, 2.75) is 19.9 Å². The van der Waals surface area contributed by atoms with Crippen LogP contribution in [0, 0.1) is 13.8 Å². The minimum atomic E-state index is 0.296. The van der Waals surface area contributed by atoms with Crippen LogP contribution in [0.4, 0.5) is 0 Å². The highest BCUT2D eigenvalue weighted by atomic mass is 15.1. The van der Waals surface area contributed by atoms with E-state index in [9.17, 15) is 0 Å². The fraction of sp³-hybridized carbons (Fsp3) is 0.200. The van der Waals surface area contributed by atoms with Gasteiger partial charge in [-0.15, -0.1) is 0 Å².